The number of phenols is 1. The van der Waals surface area contributed by atoms with E-state index in [2.05, 4.69) is 0 Å². The van der Waals surface area contributed by atoms with Crippen molar-refractivity contribution in [3.63, 3.8) is 0 Å². The van der Waals surface area contributed by atoms with Crippen LogP contribution in [0.2, 0.25) is 0 Å². The smallest absolute Gasteiger partial charge is 0.165 e. The summed E-state index contributed by atoms with van der Waals surface area (Å²) in [6, 6.07) is 3.83. The highest BCUT2D eigenvalue weighted by Crippen LogP contribution is 2.27. The van der Waals surface area contributed by atoms with Crippen molar-refractivity contribution in [1.82, 2.24) is 0 Å². The third-order valence-electron chi connectivity index (χ3n) is 2.09. The molecule has 14 heavy (non-hydrogen) atoms. The topological polar surface area (TPSA) is 66.5 Å². The highest BCUT2D eigenvalue weighted by atomic mass is 19.1. The first-order valence-electron chi connectivity index (χ1n) is 4.50. The Bertz CT molecular complexity index is 304. The van der Waals surface area contributed by atoms with Gasteiger partial charge in [0.15, 0.2) is 11.6 Å². The van der Waals surface area contributed by atoms with Crippen LogP contribution in [0.4, 0.5) is 4.39 Å². The number of aromatic hydroxyl groups is 1. The number of aliphatic hydroxyl groups excluding tert-OH is 1. The highest BCUT2D eigenvalue weighted by Gasteiger charge is 2.12. The number of phenolic OH excluding ortho intramolecular Hbond substituents is 1. The summed E-state index contributed by atoms with van der Waals surface area (Å²) in [5, 5.41) is 17.9. The average Bonchev–Trinajstić information content (AvgIpc) is 2.18. The van der Waals surface area contributed by atoms with Crippen molar-refractivity contribution in [2.45, 2.75) is 18.9 Å². The molecule has 0 saturated heterocycles. The maximum atomic E-state index is 12.9. The van der Waals surface area contributed by atoms with Gasteiger partial charge in [-0.2, -0.15) is 0 Å². The van der Waals surface area contributed by atoms with Crippen LogP contribution in [-0.2, 0) is 0 Å². The summed E-state index contributed by atoms with van der Waals surface area (Å²) in [6.07, 6.45) is 1.06. The lowest BCUT2D eigenvalue weighted by atomic mass is 10.0. The lowest BCUT2D eigenvalue weighted by molar-refractivity contribution is 0.279. The summed E-state index contributed by atoms with van der Waals surface area (Å²) in [7, 11) is 0. The van der Waals surface area contributed by atoms with E-state index in [1.54, 1.807) is 6.07 Å². The Morgan fingerprint density at radius 2 is 2.14 bits per heavy atom. The molecule has 4 heteroatoms. The largest absolute Gasteiger partial charge is 0.505 e. The number of aliphatic hydroxyl groups is 1. The van der Waals surface area contributed by atoms with Crippen molar-refractivity contribution in [2.24, 2.45) is 5.73 Å². The molecule has 0 aliphatic heterocycles. The molecule has 0 heterocycles. The van der Waals surface area contributed by atoms with Crippen molar-refractivity contribution in [3.05, 3.63) is 29.6 Å². The summed E-state index contributed by atoms with van der Waals surface area (Å²) < 4.78 is 12.9. The van der Waals surface area contributed by atoms with E-state index in [1.165, 1.54) is 12.1 Å². The minimum atomic E-state index is -0.665. The Labute approximate surface area is 82.0 Å². The van der Waals surface area contributed by atoms with Crippen molar-refractivity contribution >= 4 is 0 Å². The molecule has 3 nitrogen and oxygen atoms in total. The van der Waals surface area contributed by atoms with Gasteiger partial charge < -0.3 is 15.9 Å². The Morgan fingerprint density at radius 3 is 2.79 bits per heavy atom. The van der Waals surface area contributed by atoms with Crippen molar-refractivity contribution in [2.75, 3.05) is 6.61 Å². The van der Waals surface area contributed by atoms with Crippen LogP contribution in [0.15, 0.2) is 18.2 Å². The van der Waals surface area contributed by atoms with E-state index in [-0.39, 0.29) is 6.61 Å². The van der Waals surface area contributed by atoms with Gasteiger partial charge in [0.2, 0.25) is 0 Å². The molecule has 0 unspecified atom stereocenters. The van der Waals surface area contributed by atoms with Crippen molar-refractivity contribution < 1.29 is 14.6 Å². The number of halogens is 1. The molecular formula is C10H14FNO2. The molecule has 0 aliphatic carbocycles. The molecule has 1 aromatic rings. The van der Waals surface area contributed by atoms with Crippen LogP contribution < -0.4 is 5.73 Å². The average molecular weight is 199 g/mol. The van der Waals surface area contributed by atoms with E-state index in [0.717, 1.165) is 0 Å². The fraction of sp³-hybridized carbons (Fsp3) is 0.400. The van der Waals surface area contributed by atoms with Gasteiger partial charge in [-0.05, 0) is 18.9 Å². The van der Waals surface area contributed by atoms with Gasteiger partial charge in [0.1, 0.15) is 0 Å². The third kappa shape index (κ3) is 2.43. The quantitative estimate of drug-likeness (QED) is 0.684. The zero-order valence-electron chi connectivity index (χ0n) is 7.78. The number of benzene rings is 1. The molecule has 1 atom stereocenters. The van der Waals surface area contributed by atoms with Gasteiger partial charge in [-0.25, -0.2) is 4.39 Å². The first-order chi connectivity index (χ1) is 6.66. The molecule has 78 valence electrons. The fourth-order valence-corrected chi connectivity index (χ4v) is 1.30. The molecule has 0 aliphatic rings. The normalized spacial score (nSPS) is 12.8. The van der Waals surface area contributed by atoms with Gasteiger partial charge in [0.05, 0.1) is 0 Å². The first-order valence-corrected chi connectivity index (χ1v) is 4.50. The van der Waals surface area contributed by atoms with Crippen LogP contribution in [-0.4, -0.2) is 16.8 Å². The summed E-state index contributed by atoms with van der Waals surface area (Å²) >= 11 is 0. The highest BCUT2D eigenvalue weighted by molar-refractivity contribution is 5.35. The molecule has 0 radical (unpaired) electrons. The molecule has 0 saturated carbocycles. The second kappa shape index (κ2) is 4.93. The van der Waals surface area contributed by atoms with E-state index in [0.29, 0.717) is 18.4 Å². The van der Waals surface area contributed by atoms with Gasteiger partial charge in [-0.1, -0.05) is 12.1 Å². The van der Waals surface area contributed by atoms with Crippen LogP contribution in [0.3, 0.4) is 0 Å². The molecular weight excluding hydrogens is 185 g/mol. The van der Waals surface area contributed by atoms with Crippen LogP contribution in [0.1, 0.15) is 24.4 Å². The standard InChI is InChI=1S/C10H14FNO2/c11-8-4-1-3-7(10(8)14)9(12)5-2-6-13/h1,3-4,9,13-14H,2,5-6,12H2/t9-/m0/s1. The number of hydrogen-bond acceptors (Lipinski definition) is 3. The van der Waals surface area contributed by atoms with Gasteiger partial charge in [0.25, 0.3) is 0 Å². The molecule has 0 fully saturated rings. The minimum Gasteiger partial charge on any atom is -0.505 e. The summed E-state index contributed by atoms with van der Waals surface area (Å²) in [4.78, 5) is 0. The summed E-state index contributed by atoms with van der Waals surface area (Å²) in [5.74, 6) is -1.06. The van der Waals surface area contributed by atoms with E-state index in [1.807, 2.05) is 0 Å². The first kappa shape index (κ1) is 10.9. The zero-order valence-corrected chi connectivity index (χ0v) is 7.78. The van der Waals surface area contributed by atoms with E-state index >= 15 is 0 Å². The molecule has 4 N–H and O–H groups in total. The van der Waals surface area contributed by atoms with Crippen LogP contribution in [0.5, 0.6) is 5.75 Å². The lowest BCUT2D eigenvalue weighted by Crippen LogP contribution is -2.11. The van der Waals surface area contributed by atoms with Crippen LogP contribution in [0.25, 0.3) is 0 Å². The van der Waals surface area contributed by atoms with Crippen molar-refractivity contribution in [3.8, 4) is 5.75 Å². The van der Waals surface area contributed by atoms with E-state index < -0.39 is 17.6 Å². The van der Waals surface area contributed by atoms with Gasteiger partial charge >= 0.3 is 0 Å². The van der Waals surface area contributed by atoms with Crippen molar-refractivity contribution in [1.29, 1.82) is 0 Å². The Balaban J connectivity index is 2.79. The third-order valence-corrected chi connectivity index (χ3v) is 2.09. The minimum absolute atomic E-state index is 0.0454. The second-order valence-corrected chi connectivity index (χ2v) is 3.15. The molecule has 1 rings (SSSR count). The van der Waals surface area contributed by atoms with Crippen LogP contribution >= 0.6 is 0 Å². The maximum Gasteiger partial charge on any atom is 0.165 e. The van der Waals surface area contributed by atoms with Gasteiger partial charge in [0, 0.05) is 18.2 Å². The predicted octanol–water partition coefficient (Wildman–Crippen LogP) is 1.30. The van der Waals surface area contributed by atoms with E-state index in [9.17, 15) is 9.50 Å². The van der Waals surface area contributed by atoms with Gasteiger partial charge in [-0.15, -0.1) is 0 Å². The monoisotopic (exact) mass is 199 g/mol. The molecule has 0 bridgehead atoms. The predicted molar refractivity (Wildman–Crippen MR) is 51.3 cm³/mol. The summed E-state index contributed by atoms with van der Waals surface area (Å²) in [6.45, 7) is 0.0454. The number of rotatable bonds is 4. The van der Waals surface area contributed by atoms with E-state index in [4.69, 9.17) is 10.8 Å². The zero-order chi connectivity index (χ0) is 10.6. The van der Waals surface area contributed by atoms with Crippen LogP contribution in [0, 0.1) is 5.82 Å². The fourth-order valence-electron chi connectivity index (χ4n) is 1.30. The Kier molecular flexibility index (Phi) is 3.85. The lowest BCUT2D eigenvalue weighted by Gasteiger charge is -2.12. The SMILES string of the molecule is N[C@@H](CCCO)c1cccc(F)c1O. The Hall–Kier alpha value is -1.13. The van der Waals surface area contributed by atoms with Gasteiger partial charge in [-0.3, -0.25) is 0 Å². The number of hydrogen-bond donors (Lipinski definition) is 3. The maximum absolute atomic E-state index is 12.9. The molecule has 1 aromatic carbocycles. The summed E-state index contributed by atoms with van der Waals surface area (Å²) in [5.41, 5.74) is 6.10. The second-order valence-electron chi connectivity index (χ2n) is 3.15. The molecule has 0 amide bonds. The Morgan fingerprint density at radius 1 is 1.43 bits per heavy atom. The number of nitrogens with two attached hydrogens (primary N) is 1. The molecule has 0 spiro atoms. The number of para-hydroxylation sites is 1. The molecule has 0 aromatic heterocycles.